The lowest BCUT2D eigenvalue weighted by Gasteiger charge is -2.47. The van der Waals surface area contributed by atoms with E-state index >= 15 is 0 Å². The molecule has 0 N–H and O–H groups in total. The quantitative estimate of drug-likeness (QED) is 0.672. The lowest BCUT2D eigenvalue weighted by atomic mass is 10.0. The molecule has 0 aliphatic carbocycles. The van der Waals surface area contributed by atoms with Crippen molar-refractivity contribution in [1.29, 1.82) is 0 Å². The van der Waals surface area contributed by atoms with E-state index in [0.717, 1.165) is 44.3 Å². The van der Waals surface area contributed by atoms with Crippen molar-refractivity contribution in [3.63, 3.8) is 0 Å². The highest BCUT2D eigenvalue weighted by Crippen LogP contribution is 2.29. The molecule has 3 nitrogen and oxygen atoms in total. The van der Waals surface area contributed by atoms with E-state index in [1.165, 1.54) is 11.1 Å². The molecule has 0 radical (unpaired) electrons. The zero-order valence-corrected chi connectivity index (χ0v) is 17.6. The molecule has 0 bridgehead atoms. The van der Waals surface area contributed by atoms with Crippen LogP contribution in [0.3, 0.4) is 0 Å². The Balaban J connectivity index is 1.78. The molecule has 1 saturated heterocycles. The third kappa shape index (κ3) is 5.11. The van der Waals surface area contributed by atoms with E-state index in [9.17, 15) is 0 Å². The standard InChI is InChI=1S/C23H32ClN3/c1-4-26(5-2)19(3)27-16-15-25(17-20-11-13-22(24)14-12-20)18-23(27)21-9-7-6-8-10-21/h6-14,19,23H,4-5,15-18H2,1-3H3. The van der Waals surface area contributed by atoms with Gasteiger partial charge in [0.05, 0.1) is 6.17 Å². The number of nitrogens with zero attached hydrogens (tertiary/aromatic N) is 3. The van der Waals surface area contributed by atoms with Crippen molar-refractivity contribution in [3.8, 4) is 0 Å². The SMILES string of the molecule is CCN(CC)C(C)N1CCN(Cc2ccc(Cl)cc2)CC1c1ccccc1. The first kappa shape index (κ1) is 20.3. The lowest BCUT2D eigenvalue weighted by molar-refractivity contribution is -0.0211. The first-order chi connectivity index (χ1) is 13.1. The molecule has 1 aliphatic rings. The molecule has 1 fully saturated rings. The fourth-order valence-electron chi connectivity index (χ4n) is 4.23. The normalized spacial score (nSPS) is 20.1. The van der Waals surface area contributed by atoms with E-state index < -0.39 is 0 Å². The van der Waals surface area contributed by atoms with E-state index in [0.29, 0.717) is 12.2 Å². The second-order valence-corrected chi connectivity index (χ2v) is 7.82. The van der Waals surface area contributed by atoms with Gasteiger partial charge in [-0.2, -0.15) is 0 Å². The Morgan fingerprint density at radius 3 is 2.30 bits per heavy atom. The first-order valence-electron chi connectivity index (χ1n) is 10.1. The Morgan fingerprint density at radius 1 is 1.00 bits per heavy atom. The molecule has 2 atom stereocenters. The van der Waals surface area contributed by atoms with Crippen LogP contribution in [0, 0.1) is 0 Å². The molecule has 27 heavy (non-hydrogen) atoms. The Bertz CT molecular complexity index is 685. The summed E-state index contributed by atoms with van der Waals surface area (Å²) in [4.78, 5) is 7.80. The second kappa shape index (κ2) is 9.70. The van der Waals surface area contributed by atoms with Crippen LogP contribution in [0.2, 0.25) is 5.02 Å². The monoisotopic (exact) mass is 385 g/mol. The van der Waals surface area contributed by atoms with Crippen LogP contribution in [0.5, 0.6) is 0 Å². The molecule has 1 heterocycles. The summed E-state index contributed by atoms with van der Waals surface area (Å²) in [6.45, 7) is 13.3. The van der Waals surface area contributed by atoms with Crippen molar-refractivity contribution in [1.82, 2.24) is 14.7 Å². The zero-order chi connectivity index (χ0) is 19.2. The Hall–Kier alpha value is -1.39. The van der Waals surface area contributed by atoms with Crippen molar-refractivity contribution >= 4 is 11.6 Å². The Morgan fingerprint density at radius 2 is 1.67 bits per heavy atom. The average molecular weight is 386 g/mol. The van der Waals surface area contributed by atoms with Crippen LogP contribution < -0.4 is 0 Å². The van der Waals surface area contributed by atoms with Gasteiger partial charge in [0.15, 0.2) is 0 Å². The van der Waals surface area contributed by atoms with Crippen molar-refractivity contribution in [2.75, 3.05) is 32.7 Å². The number of piperazine rings is 1. The van der Waals surface area contributed by atoms with Crippen LogP contribution >= 0.6 is 11.6 Å². The third-order valence-electron chi connectivity index (χ3n) is 5.83. The van der Waals surface area contributed by atoms with E-state index in [1.54, 1.807) is 0 Å². The van der Waals surface area contributed by atoms with Gasteiger partial charge in [0.2, 0.25) is 0 Å². The van der Waals surface area contributed by atoms with Crippen LogP contribution in [0.1, 0.15) is 37.9 Å². The molecule has 146 valence electrons. The summed E-state index contributed by atoms with van der Waals surface area (Å²) < 4.78 is 0. The largest absolute Gasteiger partial charge is 0.296 e. The van der Waals surface area contributed by atoms with E-state index in [2.05, 4.69) is 77.9 Å². The summed E-state index contributed by atoms with van der Waals surface area (Å²) in [5.74, 6) is 0. The van der Waals surface area contributed by atoms with Crippen molar-refractivity contribution in [3.05, 3.63) is 70.7 Å². The predicted octanol–water partition coefficient (Wildman–Crippen LogP) is 4.89. The maximum absolute atomic E-state index is 6.04. The Labute approximate surface area is 169 Å². The number of halogens is 1. The molecule has 2 unspecified atom stereocenters. The van der Waals surface area contributed by atoms with Crippen LogP contribution in [0.25, 0.3) is 0 Å². The van der Waals surface area contributed by atoms with Gasteiger partial charge in [0.25, 0.3) is 0 Å². The summed E-state index contributed by atoms with van der Waals surface area (Å²) in [5, 5.41) is 0.804. The number of benzene rings is 2. The highest BCUT2D eigenvalue weighted by molar-refractivity contribution is 6.30. The molecule has 2 aromatic rings. The van der Waals surface area contributed by atoms with Gasteiger partial charge < -0.3 is 0 Å². The maximum atomic E-state index is 6.04. The van der Waals surface area contributed by atoms with Gasteiger partial charge >= 0.3 is 0 Å². The third-order valence-corrected chi connectivity index (χ3v) is 6.08. The van der Waals surface area contributed by atoms with E-state index in [4.69, 9.17) is 11.6 Å². The fourth-order valence-corrected chi connectivity index (χ4v) is 4.35. The predicted molar refractivity (Wildman–Crippen MR) is 115 cm³/mol. The minimum atomic E-state index is 0.419. The van der Waals surface area contributed by atoms with Crippen LogP contribution in [-0.4, -0.2) is 53.6 Å². The van der Waals surface area contributed by atoms with Crippen LogP contribution in [0.4, 0.5) is 0 Å². The molecule has 0 spiro atoms. The average Bonchev–Trinajstić information content (AvgIpc) is 2.71. The number of hydrogen-bond donors (Lipinski definition) is 0. The van der Waals surface area contributed by atoms with E-state index in [1.807, 2.05) is 12.1 Å². The molecule has 2 aromatic carbocycles. The molecule has 4 heteroatoms. The smallest absolute Gasteiger partial charge is 0.0599 e. The molecular formula is C23H32ClN3. The summed E-state index contributed by atoms with van der Waals surface area (Å²) >= 11 is 6.04. The van der Waals surface area contributed by atoms with Crippen LogP contribution in [0.15, 0.2) is 54.6 Å². The molecule has 1 aliphatic heterocycles. The van der Waals surface area contributed by atoms with Gasteiger partial charge in [0, 0.05) is 37.2 Å². The lowest BCUT2D eigenvalue weighted by Crippen LogP contribution is -2.55. The molecule has 0 saturated carbocycles. The fraction of sp³-hybridized carbons (Fsp3) is 0.478. The Kier molecular flexibility index (Phi) is 7.31. The van der Waals surface area contributed by atoms with Gasteiger partial charge in [-0.1, -0.05) is 67.9 Å². The van der Waals surface area contributed by atoms with Gasteiger partial charge in [-0.25, -0.2) is 0 Å². The maximum Gasteiger partial charge on any atom is 0.0599 e. The summed E-state index contributed by atoms with van der Waals surface area (Å²) in [6.07, 6.45) is 0.447. The minimum Gasteiger partial charge on any atom is -0.296 e. The van der Waals surface area contributed by atoms with Gasteiger partial charge in [-0.3, -0.25) is 14.7 Å². The van der Waals surface area contributed by atoms with Gasteiger partial charge in [-0.15, -0.1) is 0 Å². The second-order valence-electron chi connectivity index (χ2n) is 7.38. The summed E-state index contributed by atoms with van der Waals surface area (Å²) in [5.41, 5.74) is 2.74. The van der Waals surface area contributed by atoms with Gasteiger partial charge in [0.1, 0.15) is 0 Å². The van der Waals surface area contributed by atoms with Gasteiger partial charge in [-0.05, 0) is 43.3 Å². The van der Waals surface area contributed by atoms with Crippen molar-refractivity contribution in [2.45, 2.75) is 39.5 Å². The van der Waals surface area contributed by atoms with Crippen molar-refractivity contribution in [2.24, 2.45) is 0 Å². The first-order valence-corrected chi connectivity index (χ1v) is 10.5. The highest BCUT2D eigenvalue weighted by Gasteiger charge is 2.32. The topological polar surface area (TPSA) is 9.72 Å². The van der Waals surface area contributed by atoms with Crippen LogP contribution in [-0.2, 0) is 6.54 Å². The molecule has 3 rings (SSSR count). The zero-order valence-electron chi connectivity index (χ0n) is 16.8. The molecular weight excluding hydrogens is 354 g/mol. The molecule has 0 amide bonds. The number of rotatable bonds is 7. The van der Waals surface area contributed by atoms with E-state index in [-0.39, 0.29) is 0 Å². The van der Waals surface area contributed by atoms with Crippen molar-refractivity contribution < 1.29 is 0 Å². The minimum absolute atomic E-state index is 0.419. The number of hydrogen-bond acceptors (Lipinski definition) is 3. The highest BCUT2D eigenvalue weighted by atomic mass is 35.5. The summed E-state index contributed by atoms with van der Waals surface area (Å²) in [6, 6.07) is 19.7. The summed E-state index contributed by atoms with van der Waals surface area (Å²) in [7, 11) is 0. The molecule has 0 aromatic heterocycles.